The number of hydrogen-bond acceptors (Lipinski definition) is 4. The molecule has 0 unspecified atom stereocenters. The molecule has 6 nitrogen and oxygen atoms in total. The highest BCUT2D eigenvalue weighted by molar-refractivity contribution is 7.99. The zero-order valence-corrected chi connectivity index (χ0v) is 18.0. The Morgan fingerprint density at radius 2 is 1.62 bits per heavy atom. The SMILES string of the molecule is CNC(=O)c1ccc(Sc2ccc(NC(=O)Nc3ccc(Cl)c(C(F)(F)F)c3)cc2)nc1. The highest BCUT2D eigenvalue weighted by Crippen LogP contribution is 2.36. The van der Waals surface area contributed by atoms with Crippen LogP contribution in [0.1, 0.15) is 15.9 Å². The van der Waals surface area contributed by atoms with Gasteiger partial charge in [0.25, 0.3) is 5.91 Å². The largest absolute Gasteiger partial charge is 0.417 e. The van der Waals surface area contributed by atoms with Crippen molar-refractivity contribution in [3.63, 3.8) is 0 Å². The second-order valence-corrected chi connectivity index (χ2v) is 7.86. The minimum atomic E-state index is -4.63. The second kappa shape index (κ2) is 9.92. The molecule has 2 aromatic carbocycles. The van der Waals surface area contributed by atoms with Gasteiger partial charge in [0.15, 0.2) is 0 Å². The van der Waals surface area contributed by atoms with Crippen molar-refractivity contribution in [1.82, 2.24) is 10.3 Å². The topological polar surface area (TPSA) is 83.1 Å². The summed E-state index contributed by atoms with van der Waals surface area (Å²) in [7, 11) is 1.54. The van der Waals surface area contributed by atoms with Crippen LogP contribution in [0, 0.1) is 0 Å². The van der Waals surface area contributed by atoms with Gasteiger partial charge in [-0.2, -0.15) is 13.2 Å². The highest BCUT2D eigenvalue weighted by atomic mass is 35.5. The van der Waals surface area contributed by atoms with E-state index in [2.05, 4.69) is 20.9 Å². The minimum absolute atomic E-state index is 0.0438. The van der Waals surface area contributed by atoms with E-state index >= 15 is 0 Å². The summed E-state index contributed by atoms with van der Waals surface area (Å²) in [6.45, 7) is 0. The molecule has 0 atom stereocenters. The molecule has 166 valence electrons. The van der Waals surface area contributed by atoms with Crippen molar-refractivity contribution < 1.29 is 22.8 Å². The van der Waals surface area contributed by atoms with Gasteiger partial charge in [-0.1, -0.05) is 23.4 Å². The maximum Gasteiger partial charge on any atom is 0.417 e. The molecule has 3 amide bonds. The first-order chi connectivity index (χ1) is 15.2. The summed E-state index contributed by atoms with van der Waals surface area (Å²) in [6.07, 6.45) is -3.15. The first-order valence-corrected chi connectivity index (χ1v) is 10.3. The first kappa shape index (κ1) is 23.4. The van der Waals surface area contributed by atoms with Crippen LogP contribution in [0.5, 0.6) is 0 Å². The summed E-state index contributed by atoms with van der Waals surface area (Å²) >= 11 is 6.94. The van der Waals surface area contributed by atoms with E-state index in [0.717, 1.165) is 17.0 Å². The van der Waals surface area contributed by atoms with Crippen LogP contribution in [0.15, 0.2) is 70.7 Å². The molecule has 0 aliphatic heterocycles. The van der Waals surface area contributed by atoms with Gasteiger partial charge in [0, 0.05) is 29.5 Å². The van der Waals surface area contributed by atoms with Crippen LogP contribution in [0.3, 0.4) is 0 Å². The Kier molecular flexibility index (Phi) is 7.26. The van der Waals surface area contributed by atoms with Crippen LogP contribution in [0.4, 0.5) is 29.3 Å². The van der Waals surface area contributed by atoms with Crippen molar-refractivity contribution in [2.45, 2.75) is 16.1 Å². The number of pyridine rings is 1. The Hall–Kier alpha value is -3.24. The molecule has 11 heteroatoms. The summed E-state index contributed by atoms with van der Waals surface area (Å²) in [5, 5.41) is 7.64. The van der Waals surface area contributed by atoms with Gasteiger partial charge < -0.3 is 16.0 Å². The summed E-state index contributed by atoms with van der Waals surface area (Å²) in [4.78, 5) is 28.7. The number of benzene rings is 2. The Morgan fingerprint density at radius 3 is 2.22 bits per heavy atom. The van der Waals surface area contributed by atoms with E-state index in [1.165, 1.54) is 31.1 Å². The lowest BCUT2D eigenvalue weighted by Crippen LogP contribution is -2.19. The number of hydrogen-bond donors (Lipinski definition) is 3. The molecule has 1 heterocycles. The van der Waals surface area contributed by atoms with E-state index in [1.54, 1.807) is 36.4 Å². The number of aromatic nitrogens is 1. The molecule has 3 N–H and O–H groups in total. The predicted molar refractivity (Wildman–Crippen MR) is 117 cm³/mol. The van der Waals surface area contributed by atoms with E-state index in [1.807, 2.05) is 0 Å². The number of anilines is 2. The Bertz CT molecular complexity index is 1120. The van der Waals surface area contributed by atoms with Crippen molar-refractivity contribution in [1.29, 1.82) is 0 Å². The Balaban J connectivity index is 1.60. The standard InChI is InChI=1S/C21H16ClF3N4O2S/c1-26-19(30)12-2-9-18(27-11-12)32-15-6-3-13(4-7-15)28-20(31)29-14-5-8-17(22)16(10-14)21(23,24)25/h2-11H,1H3,(H,26,30)(H2,28,29,31). The third-order valence-corrected chi connectivity index (χ3v) is 5.38. The van der Waals surface area contributed by atoms with Crippen molar-refractivity contribution in [2.24, 2.45) is 0 Å². The molecule has 0 saturated carbocycles. The molecule has 1 aromatic heterocycles. The second-order valence-electron chi connectivity index (χ2n) is 6.36. The maximum atomic E-state index is 12.9. The molecule has 3 rings (SSSR count). The lowest BCUT2D eigenvalue weighted by Gasteiger charge is -2.12. The van der Waals surface area contributed by atoms with Crippen molar-refractivity contribution in [3.8, 4) is 0 Å². The fraction of sp³-hybridized carbons (Fsp3) is 0.0952. The number of nitrogens with zero attached hydrogens (tertiary/aromatic N) is 1. The monoisotopic (exact) mass is 480 g/mol. The van der Waals surface area contributed by atoms with Crippen LogP contribution >= 0.6 is 23.4 Å². The van der Waals surface area contributed by atoms with E-state index < -0.39 is 22.8 Å². The van der Waals surface area contributed by atoms with E-state index in [4.69, 9.17) is 11.6 Å². The summed E-state index contributed by atoms with van der Waals surface area (Å²) < 4.78 is 38.8. The van der Waals surface area contributed by atoms with Crippen LogP contribution in [0.25, 0.3) is 0 Å². The van der Waals surface area contributed by atoms with Gasteiger partial charge in [-0.25, -0.2) is 9.78 Å². The van der Waals surface area contributed by atoms with Gasteiger partial charge in [-0.05, 0) is 54.6 Å². The van der Waals surface area contributed by atoms with Gasteiger partial charge >= 0.3 is 12.2 Å². The van der Waals surface area contributed by atoms with Crippen molar-refractivity contribution in [3.05, 3.63) is 76.9 Å². The fourth-order valence-electron chi connectivity index (χ4n) is 2.56. The van der Waals surface area contributed by atoms with Crippen molar-refractivity contribution >= 4 is 46.7 Å². The number of urea groups is 1. The number of nitrogens with one attached hydrogen (secondary N) is 3. The molecule has 0 radical (unpaired) electrons. The number of carbonyl (C=O) groups excluding carboxylic acids is 2. The molecule has 0 fully saturated rings. The lowest BCUT2D eigenvalue weighted by atomic mass is 10.2. The number of carbonyl (C=O) groups is 2. The van der Waals surface area contributed by atoms with Crippen LogP contribution in [-0.2, 0) is 6.18 Å². The average molecular weight is 481 g/mol. The van der Waals surface area contributed by atoms with Gasteiger partial charge in [0.1, 0.15) is 5.03 Å². The zero-order valence-electron chi connectivity index (χ0n) is 16.5. The molecule has 0 spiro atoms. The van der Waals surface area contributed by atoms with Crippen molar-refractivity contribution in [2.75, 3.05) is 17.7 Å². The van der Waals surface area contributed by atoms with Gasteiger partial charge in [-0.3, -0.25) is 4.79 Å². The third-order valence-electron chi connectivity index (χ3n) is 4.09. The first-order valence-electron chi connectivity index (χ1n) is 9.06. The third kappa shape index (κ3) is 6.14. The smallest absolute Gasteiger partial charge is 0.355 e. The molecular weight excluding hydrogens is 465 g/mol. The number of alkyl halides is 3. The number of halogens is 4. The molecule has 3 aromatic rings. The molecule has 0 aliphatic rings. The fourth-order valence-corrected chi connectivity index (χ4v) is 3.54. The summed E-state index contributed by atoms with van der Waals surface area (Å²) in [6, 6.07) is 12.6. The highest BCUT2D eigenvalue weighted by Gasteiger charge is 2.33. The maximum absolute atomic E-state index is 12.9. The molecule has 0 bridgehead atoms. The molecule has 0 aliphatic carbocycles. The Morgan fingerprint density at radius 1 is 0.969 bits per heavy atom. The molecule has 32 heavy (non-hydrogen) atoms. The van der Waals surface area contributed by atoms with Gasteiger partial charge in [-0.15, -0.1) is 0 Å². The normalized spacial score (nSPS) is 11.0. The molecule has 0 saturated heterocycles. The summed E-state index contributed by atoms with van der Waals surface area (Å²) in [5.41, 5.74) is -0.182. The number of rotatable bonds is 5. The van der Waals surface area contributed by atoms with Crippen LogP contribution < -0.4 is 16.0 Å². The Labute approximate surface area is 190 Å². The minimum Gasteiger partial charge on any atom is -0.355 e. The van der Waals surface area contributed by atoms with E-state index in [0.29, 0.717) is 16.3 Å². The van der Waals surface area contributed by atoms with Gasteiger partial charge in [0.2, 0.25) is 0 Å². The zero-order chi connectivity index (χ0) is 23.3. The van der Waals surface area contributed by atoms with E-state index in [-0.39, 0.29) is 11.6 Å². The summed E-state index contributed by atoms with van der Waals surface area (Å²) in [5.74, 6) is -0.226. The van der Waals surface area contributed by atoms with E-state index in [9.17, 15) is 22.8 Å². The predicted octanol–water partition coefficient (Wildman–Crippen LogP) is 5.91. The lowest BCUT2D eigenvalue weighted by molar-refractivity contribution is -0.137. The van der Waals surface area contributed by atoms with Crippen LogP contribution in [-0.4, -0.2) is 24.0 Å². The number of amides is 3. The molecular formula is C21H16ClF3N4O2S. The van der Waals surface area contributed by atoms with Gasteiger partial charge in [0.05, 0.1) is 16.1 Å². The quantitative estimate of drug-likeness (QED) is 0.424. The average Bonchev–Trinajstić information content (AvgIpc) is 2.75. The van der Waals surface area contributed by atoms with Crippen LogP contribution in [0.2, 0.25) is 5.02 Å².